The van der Waals surface area contributed by atoms with Gasteiger partial charge in [-0.25, -0.2) is 0 Å². The molecule has 0 aliphatic carbocycles. The third-order valence-electron chi connectivity index (χ3n) is 2.54. The smallest absolute Gasteiger partial charge is 0.254 e. The largest absolute Gasteiger partial charge is 0.329 e. The lowest BCUT2D eigenvalue weighted by atomic mass is 10.1. The first-order chi connectivity index (χ1) is 7.20. The second-order valence-electron chi connectivity index (χ2n) is 3.52. The Morgan fingerprint density at radius 1 is 1.53 bits per heavy atom. The SMILES string of the molecule is Cc1c(Br)cccc1C(=O)N1CCSC1. The Labute approximate surface area is 102 Å². The molecule has 1 fully saturated rings. The van der Waals surface area contributed by atoms with Gasteiger partial charge in [-0.3, -0.25) is 4.79 Å². The van der Waals surface area contributed by atoms with Gasteiger partial charge in [-0.05, 0) is 24.6 Å². The number of rotatable bonds is 1. The summed E-state index contributed by atoms with van der Waals surface area (Å²) in [4.78, 5) is 14.0. The average Bonchev–Trinajstić information content (AvgIpc) is 2.74. The minimum atomic E-state index is 0.152. The van der Waals surface area contributed by atoms with Gasteiger partial charge in [0.05, 0.1) is 5.88 Å². The van der Waals surface area contributed by atoms with Crippen molar-refractivity contribution in [1.82, 2.24) is 4.90 Å². The normalized spacial score (nSPS) is 15.7. The van der Waals surface area contributed by atoms with E-state index in [9.17, 15) is 4.79 Å². The predicted octanol–water partition coefficient (Wildman–Crippen LogP) is 2.90. The molecule has 0 saturated carbocycles. The molecule has 80 valence electrons. The molecule has 4 heteroatoms. The van der Waals surface area contributed by atoms with Crippen LogP contribution >= 0.6 is 27.7 Å². The number of carbonyl (C=O) groups excluding carboxylic acids is 1. The molecule has 0 radical (unpaired) electrons. The lowest BCUT2D eigenvalue weighted by Gasteiger charge is -2.16. The van der Waals surface area contributed by atoms with Crippen LogP contribution in [0.3, 0.4) is 0 Å². The highest BCUT2D eigenvalue weighted by atomic mass is 79.9. The Balaban J connectivity index is 2.28. The van der Waals surface area contributed by atoms with Crippen LogP contribution in [0.25, 0.3) is 0 Å². The van der Waals surface area contributed by atoms with E-state index in [0.29, 0.717) is 0 Å². The van der Waals surface area contributed by atoms with Crippen molar-refractivity contribution in [3.8, 4) is 0 Å². The van der Waals surface area contributed by atoms with Gasteiger partial charge in [0.25, 0.3) is 5.91 Å². The summed E-state index contributed by atoms with van der Waals surface area (Å²) in [5.41, 5.74) is 1.84. The van der Waals surface area contributed by atoms with Crippen molar-refractivity contribution in [2.75, 3.05) is 18.2 Å². The summed E-state index contributed by atoms with van der Waals surface area (Å²) in [6.07, 6.45) is 0. The molecule has 1 amide bonds. The van der Waals surface area contributed by atoms with Crippen LogP contribution in [-0.4, -0.2) is 29.0 Å². The molecular formula is C11H12BrNOS. The Bertz CT molecular complexity index is 388. The third kappa shape index (κ3) is 2.21. The van der Waals surface area contributed by atoms with Crippen LogP contribution in [0.2, 0.25) is 0 Å². The maximum Gasteiger partial charge on any atom is 0.254 e. The Morgan fingerprint density at radius 2 is 2.33 bits per heavy atom. The fourth-order valence-electron chi connectivity index (χ4n) is 1.58. The number of hydrogen-bond acceptors (Lipinski definition) is 2. The van der Waals surface area contributed by atoms with Gasteiger partial charge in [-0.1, -0.05) is 22.0 Å². The fraction of sp³-hybridized carbons (Fsp3) is 0.364. The molecule has 1 aromatic carbocycles. The van der Waals surface area contributed by atoms with Gasteiger partial charge < -0.3 is 4.90 Å². The van der Waals surface area contributed by atoms with E-state index in [0.717, 1.165) is 33.8 Å². The van der Waals surface area contributed by atoms with Crippen molar-refractivity contribution in [2.45, 2.75) is 6.92 Å². The fourth-order valence-corrected chi connectivity index (χ4v) is 2.90. The highest BCUT2D eigenvalue weighted by molar-refractivity contribution is 9.10. The molecule has 1 aliphatic heterocycles. The first-order valence-corrected chi connectivity index (χ1v) is 6.77. The van der Waals surface area contributed by atoms with Crippen LogP contribution in [0.5, 0.6) is 0 Å². The molecule has 0 atom stereocenters. The van der Waals surface area contributed by atoms with Crippen molar-refractivity contribution in [1.29, 1.82) is 0 Å². The lowest BCUT2D eigenvalue weighted by Crippen LogP contribution is -2.28. The summed E-state index contributed by atoms with van der Waals surface area (Å²) < 4.78 is 1.00. The van der Waals surface area contributed by atoms with Crippen LogP contribution in [-0.2, 0) is 0 Å². The number of hydrogen-bond donors (Lipinski definition) is 0. The van der Waals surface area contributed by atoms with Gasteiger partial charge in [0.1, 0.15) is 0 Å². The van der Waals surface area contributed by atoms with E-state index in [2.05, 4.69) is 15.9 Å². The molecule has 1 heterocycles. The maximum absolute atomic E-state index is 12.1. The van der Waals surface area contributed by atoms with Gasteiger partial charge in [-0.2, -0.15) is 0 Å². The van der Waals surface area contributed by atoms with Crippen molar-refractivity contribution >= 4 is 33.6 Å². The van der Waals surface area contributed by atoms with Gasteiger partial charge in [-0.15, -0.1) is 11.8 Å². The molecule has 0 aromatic heterocycles. The third-order valence-corrected chi connectivity index (χ3v) is 4.36. The topological polar surface area (TPSA) is 20.3 Å². The Morgan fingerprint density at radius 3 is 3.00 bits per heavy atom. The monoisotopic (exact) mass is 285 g/mol. The quantitative estimate of drug-likeness (QED) is 0.791. The van der Waals surface area contributed by atoms with Crippen molar-refractivity contribution in [3.63, 3.8) is 0 Å². The number of amides is 1. The minimum absolute atomic E-state index is 0.152. The summed E-state index contributed by atoms with van der Waals surface area (Å²) in [5, 5.41) is 0. The van der Waals surface area contributed by atoms with Crippen LogP contribution in [0.1, 0.15) is 15.9 Å². The standard InChI is InChI=1S/C11H12BrNOS/c1-8-9(3-2-4-10(8)12)11(14)13-5-6-15-7-13/h2-4H,5-7H2,1H3. The summed E-state index contributed by atoms with van der Waals surface area (Å²) >= 11 is 5.26. The van der Waals surface area contributed by atoms with E-state index in [1.54, 1.807) is 0 Å². The van der Waals surface area contributed by atoms with E-state index < -0.39 is 0 Å². The van der Waals surface area contributed by atoms with E-state index in [-0.39, 0.29) is 5.91 Å². The second kappa shape index (κ2) is 4.58. The number of benzene rings is 1. The van der Waals surface area contributed by atoms with E-state index in [4.69, 9.17) is 0 Å². The van der Waals surface area contributed by atoms with E-state index in [1.165, 1.54) is 0 Å². The molecule has 2 nitrogen and oxygen atoms in total. The van der Waals surface area contributed by atoms with Crippen molar-refractivity contribution in [2.24, 2.45) is 0 Å². The molecule has 1 aromatic rings. The summed E-state index contributed by atoms with van der Waals surface area (Å²) in [7, 11) is 0. The van der Waals surface area contributed by atoms with E-state index >= 15 is 0 Å². The minimum Gasteiger partial charge on any atom is -0.329 e. The highest BCUT2D eigenvalue weighted by Gasteiger charge is 2.21. The zero-order valence-electron chi connectivity index (χ0n) is 8.50. The maximum atomic E-state index is 12.1. The molecule has 1 aliphatic rings. The summed E-state index contributed by atoms with van der Waals surface area (Å²) in [6.45, 7) is 2.84. The van der Waals surface area contributed by atoms with Crippen molar-refractivity contribution < 1.29 is 4.79 Å². The van der Waals surface area contributed by atoms with Gasteiger partial charge in [0.15, 0.2) is 0 Å². The first kappa shape index (κ1) is 11.0. The molecule has 0 spiro atoms. The molecule has 1 saturated heterocycles. The predicted molar refractivity (Wildman–Crippen MR) is 67.2 cm³/mol. The first-order valence-electron chi connectivity index (χ1n) is 4.82. The van der Waals surface area contributed by atoms with Gasteiger partial charge >= 0.3 is 0 Å². The lowest BCUT2D eigenvalue weighted by molar-refractivity contribution is 0.0802. The summed E-state index contributed by atoms with van der Waals surface area (Å²) in [6, 6.07) is 5.77. The van der Waals surface area contributed by atoms with Crippen LogP contribution in [0.15, 0.2) is 22.7 Å². The second-order valence-corrected chi connectivity index (χ2v) is 5.45. The number of halogens is 1. The Kier molecular flexibility index (Phi) is 3.36. The number of thioether (sulfide) groups is 1. The molecule has 0 unspecified atom stereocenters. The summed E-state index contributed by atoms with van der Waals surface area (Å²) in [5.74, 6) is 2.03. The molecule has 15 heavy (non-hydrogen) atoms. The zero-order chi connectivity index (χ0) is 10.8. The average molecular weight is 286 g/mol. The highest BCUT2D eigenvalue weighted by Crippen LogP contribution is 2.23. The van der Waals surface area contributed by atoms with Gasteiger partial charge in [0, 0.05) is 22.3 Å². The molecule has 0 N–H and O–H groups in total. The van der Waals surface area contributed by atoms with Crippen LogP contribution in [0.4, 0.5) is 0 Å². The number of nitrogens with zero attached hydrogens (tertiary/aromatic N) is 1. The van der Waals surface area contributed by atoms with E-state index in [1.807, 2.05) is 41.8 Å². The molecule has 2 rings (SSSR count). The number of carbonyl (C=O) groups is 1. The van der Waals surface area contributed by atoms with Gasteiger partial charge in [0.2, 0.25) is 0 Å². The van der Waals surface area contributed by atoms with Crippen LogP contribution < -0.4 is 0 Å². The Hall–Kier alpha value is -0.480. The molecular weight excluding hydrogens is 274 g/mol. The molecule has 0 bridgehead atoms. The van der Waals surface area contributed by atoms with Crippen LogP contribution in [0, 0.1) is 6.92 Å². The zero-order valence-corrected chi connectivity index (χ0v) is 10.9. The van der Waals surface area contributed by atoms with Crippen molar-refractivity contribution in [3.05, 3.63) is 33.8 Å².